The molecule has 3 N–H and O–H groups in total. The average Bonchev–Trinajstić information content (AvgIpc) is 2.73. The van der Waals surface area contributed by atoms with E-state index in [1.807, 2.05) is 30.3 Å². The second kappa shape index (κ2) is 9.45. The number of carbonyl (C=O) groups is 1. The third-order valence-electron chi connectivity index (χ3n) is 3.88. The minimum atomic E-state index is -1.68. The molecule has 7 nitrogen and oxygen atoms in total. The number of hydrogen-bond acceptors (Lipinski definition) is 6. The van der Waals surface area contributed by atoms with Gasteiger partial charge < -0.3 is 14.8 Å². The number of ether oxygens (including phenoxy) is 1. The highest BCUT2D eigenvalue weighted by Crippen LogP contribution is 2.13. The lowest BCUT2D eigenvalue weighted by molar-refractivity contribution is 0.0954. The van der Waals surface area contributed by atoms with Gasteiger partial charge in [-0.25, -0.2) is 5.43 Å². The molecule has 8 heteroatoms. The summed E-state index contributed by atoms with van der Waals surface area (Å²) in [6, 6.07) is 17.7. The van der Waals surface area contributed by atoms with Crippen LogP contribution in [0.15, 0.2) is 78.2 Å². The quantitative estimate of drug-likeness (QED) is 0.326. The van der Waals surface area contributed by atoms with Gasteiger partial charge in [0.15, 0.2) is 0 Å². The van der Waals surface area contributed by atoms with E-state index in [2.05, 4.69) is 15.5 Å². The van der Waals surface area contributed by atoms with Crippen LogP contribution < -0.4 is 15.6 Å². The molecule has 0 spiro atoms. The van der Waals surface area contributed by atoms with Gasteiger partial charge in [0.1, 0.15) is 12.4 Å². The van der Waals surface area contributed by atoms with E-state index in [-0.39, 0.29) is 5.46 Å². The molecule has 0 aliphatic heterocycles. The highest BCUT2D eigenvalue weighted by Gasteiger charge is 2.16. The van der Waals surface area contributed by atoms with Crippen molar-refractivity contribution in [3.63, 3.8) is 0 Å². The number of nitrogens with one attached hydrogen (secondary N) is 1. The molecule has 0 aliphatic carbocycles. The number of nitrogens with zero attached hydrogens (tertiary/aromatic N) is 2. The van der Waals surface area contributed by atoms with E-state index in [0.717, 1.165) is 5.56 Å². The fourth-order valence-electron chi connectivity index (χ4n) is 2.45. The number of pyridine rings is 1. The summed E-state index contributed by atoms with van der Waals surface area (Å²) in [5.41, 5.74) is 4.40. The molecule has 2 aromatic carbocycles. The van der Waals surface area contributed by atoms with Crippen molar-refractivity contribution in [1.82, 2.24) is 10.4 Å². The minimum absolute atomic E-state index is 0.242. The number of hydrogen-bond donors (Lipinski definition) is 3. The van der Waals surface area contributed by atoms with Crippen LogP contribution in [0, 0.1) is 0 Å². The Labute approximate surface area is 162 Å². The van der Waals surface area contributed by atoms with Gasteiger partial charge in [0, 0.05) is 12.4 Å². The largest absolute Gasteiger partial charge is 0.489 e. The van der Waals surface area contributed by atoms with E-state index >= 15 is 0 Å². The molecule has 0 fully saturated rings. The molecule has 1 heterocycles. The van der Waals surface area contributed by atoms with Gasteiger partial charge in [-0.05, 0) is 40.9 Å². The zero-order valence-corrected chi connectivity index (χ0v) is 14.9. The summed E-state index contributed by atoms with van der Waals surface area (Å²) in [7, 11) is -1.68. The molecule has 28 heavy (non-hydrogen) atoms. The molecule has 3 rings (SSSR count). The van der Waals surface area contributed by atoms with Crippen LogP contribution in [0.1, 0.15) is 21.5 Å². The molecule has 0 saturated carbocycles. The van der Waals surface area contributed by atoms with Crippen LogP contribution in [0.3, 0.4) is 0 Å². The van der Waals surface area contributed by atoms with Crippen LogP contribution in [0.2, 0.25) is 0 Å². The number of rotatable bonds is 7. The summed E-state index contributed by atoms with van der Waals surface area (Å²) in [5, 5.41) is 23.0. The van der Waals surface area contributed by atoms with Crippen molar-refractivity contribution in [3.8, 4) is 5.75 Å². The molecule has 3 aromatic rings. The fraction of sp³-hybridized carbons (Fsp3) is 0.0500. The molecule has 0 saturated heterocycles. The first-order valence-corrected chi connectivity index (χ1v) is 8.54. The smallest absolute Gasteiger partial charge is 0.489 e. The minimum Gasteiger partial charge on any atom is -0.489 e. The lowest BCUT2D eigenvalue weighted by Crippen LogP contribution is -2.33. The van der Waals surface area contributed by atoms with Crippen molar-refractivity contribution in [2.75, 3.05) is 0 Å². The zero-order chi connectivity index (χ0) is 19.8. The predicted octanol–water partition coefficient (Wildman–Crippen LogP) is 1.10. The van der Waals surface area contributed by atoms with Gasteiger partial charge in [-0.15, -0.1) is 0 Å². The van der Waals surface area contributed by atoms with Gasteiger partial charge in [-0.1, -0.05) is 36.4 Å². The van der Waals surface area contributed by atoms with E-state index in [0.29, 0.717) is 23.5 Å². The van der Waals surface area contributed by atoms with E-state index in [4.69, 9.17) is 4.74 Å². The zero-order valence-electron chi connectivity index (χ0n) is 14.9. The second-order valence-electron chi connectivity index (χ2n) is 5.88. The van der Waals surface area contributed by atoms with Gasteiger partial charge >= 0.3 is 7.12 Å². The van der Waals surface area contributed by atoms with Crippen molar-refractivity contribution >= 4 is 24.7 Å². The van der Waals surface area contributed by atoms with Crippen molar-refractivity contribution in [2.45, 2.75) is 6.61 Å². The van der Waals surface area contributed by atoms with Crippen LogP contribution in [0.25, 0.3) is 0 Å². The van der Waals surface area contributed by atoms with Crippen LogP contribution in [-0.4, -0.2) is 34.3 Å². The van der Waals surface area contributed by atoms with Crippen LogP contribution in [0.4, 0.5) is 0 Å². The lowest BCUT2D eigenvalue weighted by atomic mass is 9.77. The topological polar surface area (TPSA) is 104 Å². The summed E-state index contributed by atoms with van der Waals surface area (Å²) in [6.45, 7) is 0.371. The molecule has 140 valence electrons. The Morgan fingerprint density at radius 1 is 1.14 bits per heavy atom. The predicted molar refractivity (Wildman–Crippen MR) is 106 cm³/mol. The molecule has 0 radical (unpaired) electrons. The van der Waals surface area contributed by atoms with E-state index in [1.54, 1.807) is 30.5 Å². The normalized spacial score (nSPS) is 10.6. The molecule has 0 unspecified atom stereocenters. The highest BCUT2D eigenvalue weighted by molar-refractivity contribution is 6.60. The standard InChI is InChI=1S/C20H18BN3O4/c25-20(16-7-4-10-22-12-16)24-23-13-17-11-18(8-9-19(17)21(26)27)28-14-15-5-2-1-3-6-15/h1-13,26-27H,14H2,(H,24,25)/b23-13+. The van der Waals surface area contributed by atoms with Crippen LogP contribution in [0.5, 0.6) is 5.75 Å². The summed E-state index contributed by atoms with van der Waals surface area (Å²) in [6.07, 6.45) is 4.32. The highest BCUT2D eigenvalue weighted by atomic mass is 16.5. The second-order valence-corrected chi connectivity index (χ2v) is 5.88. The first kappa shape index (κ1) is 19.3. The number of benzene rings is 2. The molecule has 0 bridgehead atoms. The van der Waals surface area contributed by atoms with Gasteiger partial charge in [0.2, 0.25) is 0 Å². The van der Waals surface area contributed by atoms with Crippen molar-refractivity contribution in [2.24, 2.45) is 5.10 Å². The van der Waals surface area contributed by atoms with E-state index in [1.165, 1.54) is 18.5 Å². The summed E-state index contributed by atoms with van der Waals surface area (Å²) in [4.78, 5) is 15.9. The first-order valence-electron chi connectivity index (χ1n) is 8.54. The summed E-state index contributed by atoms with van der Waals surface area (Å²) < 4.78 is 5.74. The number of carbonyl (C=O) groups excluding carboxylic acids is 1. The van der Waals surface area contributed by atoms with Crippen LogP contribution >= 0.6 is 0 Å². The Morgan fingerprint density at radius 3 is 2.68 bits per heavy atom. The lowest BCUT2D eigenvalue weighted by Gasteiger charge is -2.10. The Morgan fingerprint density at radius 2 is 1.96 bits per heavy atom. The third kappa shape index (κ3) is 5.26. The number of hydrazone groups is 1. The Balaban J connectivity index is 1.71. The van der Waals surface area contributed by atoms with E-state index < -0.39 is 13.0 Å². The average molecular weight is 375 g/mol. The fourth-order valence-corrected chi connectivity index (χ4v) is 2.45. The molecule has 0 atom stereocenters. The van der Waals surface area contributed by atoms with Crippen LogP contribution in [-0.2, 0) is 6.61 Å². The maximum Gasteiger partial charge on any atom is 0.489 e. The van der Waals surface area contributed by atoms with Gasteiger partial charge in [0.25, 0.3) is 5.91 Å². The maximum atomic E-state index is 12.0. The van der Waals surface area contributed by atoms with Gasteiger partial charge in [0.05, 0.1) is 11.8 Å². The Hall–Kier alpha value is -3.49. The SMILES string of the molecule is O=C(N/N=C/c1cc(OCc2ccccc2)ccc1B(O)O)c1cccnc1. The molecule has 1 amide bonds. The number of amides is 1. The van der Waals surface area contributed by atoms with Crippen molar-refractivity contribution < 1.29 is 19.6 Å². The van der Waals surface area contributed by atoms with Crippen molar-refractivity contribution in [3.05, 3.63) is 89.7 Å². The Bertz CT molecular complexity index is 950. The van der Waals surface area contributed by atoms with Gasteiger partial charge in [-0.2, -0.15) is 5.10 Å². The summed E-state index contributed by atoms with van der Waals surface area (Å²) in [5.74, 6) is 0.111. The van der Waals surface area contributed by atoms with Crippen molar-refractivity contribution in [1.29, 1.82) is 0 Å². The third-order valence-corrected chi connectivity index (χ3v) is 3.88. The monoisotopic (exact) mass is 375 g/mol. The molecule has 1 aromatic heterocycles. The summed E-state index contributed by atoms with van der Waals surface area (Å²) >= 11 is 0. The maximum absolute atomic E-state index is 12.0. The molecular weight excluding hydrogens is 357 g/mol. The molecule has 0 aliphatic rings. The first-order chi connectivity index (χ1) is 13.6. The van der Waals surface area contributed by atoms with Gasteiger partial charge in [-0.3, -0.25) is 9.78 Å². The number of aromatic nitrogens is 1. The van der Waals surface area contributed by atoms with E-state index in [9.17, 15) is 14.8 Å². The Kier molecular flexibility index (Phi) is 6.51. The molecular formula is C20H18BN3O4.